The highest BCUT2D eigenvalue weighted by Gasteiger charge is 2.57. The van der Waals surface area contributed by atoms with Crippen LogP contribution >= 0.6 is 0 Å². The van der Waals surface area contributed by atoms with Gasteiger partial charge in [0.2, 0.25) is 0 Å². The molecule has 0 radical (unpaired) electrons. The molecule has 0 aromatic heterocycles. The van der Waals surface area contributed by atoms with Crippen molar-refractivity contribution in [2.24, 2.45) is 17.3 Å². The standard InChI is InChI=1S/C17H19NO7/c1-10-8-17(15(20)24-2,16(21)25-3)9-13(10)14(19)11-4-6-12(7-5-11)18(22)23/h4-7,10,13H,8-9H2,1-3H3/t10-,13-/m0/s1. The molecule has 1 aromatic rings. The molecule has 1 aliphatic rings. The van der Waals surface area contributed by atoms with E-state index in [9.17, 15) is 24.5 Å². The van der Waals surface area contributed by atoms with E-state index in [-0.39, 0.29) is 30.2 Å². The van der Waals surface area contributed by atoms with E-state index in [0.29, 0.717) is 5.56 Å². The van der Waals surface area contributed by atoms with Crippen LogP contribution in [-0.2, 0) is 19.1 Å². The Morgan fingerprint density at radius 3 is 2.04 bits per heavy atom. The number of nitro groups is 1. The first-order valence-electron chi connectivity index (χ1n) is 7.72. The summed E-state index contributed by atoms with van der Waals surface area (Å²) >= 11 is 0. The number of carbonyl (C=O) groups excluding carboxylic acids is 3. The summed E-state index contributed by atoms with van der Waals surface area (Å²) in [4.78, 5) is 47.3. The summed E-state index contributed by atoms with van der Waals surface area (Å²) in [7, 11) is 2.37. The van der Waals surface area contributed by atoms with Crippen LogP contribution in [0.15, 0.2) is 24.3 Å². The van der Waals surface area contributed by atoms with E-state index >= 15 is 0 Å². The van der Waals surface area contributed by atoms with Crippen molar-refractivity contribution in [1.82, 2.24) is 0 Å². The van der Waals surface area contributed by atoms with E-state index in [1.165, 1.54) is 38.5 Å². The summed E-state index contributed by atoms with van der Waals surface area (Å²) in [5.41, 5.74) is -1.31. The van der Waals surface area contributed by atoms with Gasteiger partial charge in [-0.15, -0.1) is 0 Å². The number of Topliss-reactive ketones (excluding diaryl/α,β-unsaturated/α-hetero) is 1. The normalized spacial score (nSPS) is 21.4. The second-order valence-electron chi connectivity index (χ2n) is 6.23. The second kappa shape index (κ2) is 7.00. The molecule has 1 aromatic carbocycles. The van der Waals surface area contributed by atoms with Gasteiger partial charge in [-0.05, 0) is 30.9 Å². The number of hydrogen-bond donors (Lipinski definition) is 0. The summed E-state index contributed by atoms with van der Waals surface area (Å²) < 4.78 is 9.52. The predicted molar refractivity (Wildman–Crippen MR) is 85.8 cm³/mol. The molecule has 0 unspecified atom stereocenters. The second-order valence-corrected chi connectivity index (χ2v) is 6.23. The van der Waals surface area contributed by atoms with Crippen LogP contribution in [0.25, 0.3) is 0 Å². The molecule has 8 nitrogen and oxygen atoms in total. The maximum absolute atomic E-state index is 12.8. The number of nitrogens with zero attached hydrogens (tertiary/aromatic N) is 1. The highest BCUT2D eigenvalue weighted by Crippen LogP contribution is 2.48. The lowest BCUT2D eigenvalue weighted by atomic mass is 9.84. The smallest absolute Gasteiger partial charge is 0.323 e. The zero-order valence-electron chi connectivity index (χ0n) is 14.2. The number of nitro benzene ring substituents is 1. The lowest BCUT2D eigenvalue weighted by Gasteiger charge is -2.23. The van der Waals surface area contributed by atoms with Crippen molar-refractivity contribution in [2.45, 2.75) is 19.8 Å². The quantitative estimate of drug-likeness (QED) is 0.263. The lowest BCUT2D eigenvalue weighted by molar-refractivity contribution is -0.384. The average Bonchev–Trinajstić information content (AvgIpc) is 2.98. The Bertz CT molecular complexity index is 694. The van der Waals surface area contributed by atoms with Crippen molar-refractivity contribution < 1.29 is 28.8 Å². The van der Waals surface area contributed by atoms with Gasteiger partial charge in [-0.25, -0.2) is 0 Å². The molecular weight excluding hydrogens is 330 g/mol. The SMILES string of the molecule is COC(=O)C1(C(=O)OC)C[C@H](C(=O)c2ccc([N+](=O)[O-])cc2)[C@@H](C)C1. The van der Waals surface area contributed by atoms with Crippen LogP contribution in [0.5, 0.6) is 0 Å². The number of carbonyl (C=O) groups is 3. The molecule has 0 amide bonds. The van der Waals surface area contributed by atoms with Gasteiger partial charge in [-0.2, -0.15) is 0 Å². The van der Waals surface area contributed by atoms with Gasteiger partial charge in [0.1, 0.15) is 0 Å². The maximum atomic E-state index is 12.8. The molecule has 0 heterocycles. The molecule has 0 bridgehead atoms. The number of methoxy groups -OCH3 is 2. The monoisotopic (exact) mass is 349 g/mol. The van der Waals surface area contributed by atoms with Crippen molar-refractivity contribution in [3.63, 3.8) is 0 Å². The Morgan fingerprint density at radius 1 is 1.08 bits per heavy atom. The first-order valence-corrected chi connectivity index (χ1v) is 7.72. The lowest BCUT2D eigenvalue weighted by Crippen LogP contribution is -2.39. The van der Waals surface area contributed by atoms with Gasteiger partial charge in [0.15, 0.2) is 11.2 Å². The van der Waals surface area contributed by atoms with E-state index in [1.54, 1.807) is 6.92 Å². The molecule has 2 rings (SSSR count). The first-order chi connectivity index (χ1) is 11.8. The van der Waals surface area contributed by atoms with Gasteiger partial charge >= 0.3 is 11.9 Å². The van der Waals surface area contributed by atoms with Gasteiger partial charge in [0.05, 0.1) is 19.1 Å². The minimum absolute atomic E-state index is 0.0106. The molecule has 25 heavy (non-hydrogen) atoms. The number of esters is 2. The van der Waals surface area contributed by atoms with Gasteiger partial charge < -0.3 is 9.47 Å². The molecule has 2 atom stereocenters. The van der Waals surface area contributed by atoms with Crippen molar-refractivity contribution in [3.8, 4) is 0 Å². The van der Waals surface area contributed by atoms with Crippen molar-refractivity contribution in [3.05, 3.63) is 39.9 Å². The summed E-state index contributed by atoms with van der Waals surface area (Å²) in [5.74, 6) is -2.53. The molecule has 0 saturated heterocycles. The summed E-state index contributed by atoms with van der Waals surface area (Å²) in [6, 6.07) is 5.26. The van der Waals surface area contributed by atoms with Gasteiger partial charge in [-0.1, -0.05) is 6.92 Å². The van der Waals surface area contributed by atoms with Crippen molar-refractivity contribution >= 4 is 23.4 Å². The third-order valence-corrected chi connectivity index (χ3v) is 4.78. The molecule has 1 saturated carbocycles. The largest absolute Gasteiger partial charge is 0.468 e. The van der Waals surface area contributed by atoms with E-state index in [1.807, 2.05) is 0 Å². The number of hydrogen-bond acceptors (Lipinski definition) is 7. The molecule has 1 aliphatic carbocycles. The topological polar surface area (TPSA) is 113 Å². The number of benzene rings is 1. The minimum atomic E-state index is -1.50. The van der Waals surface area contributed by atoms with Crippen LogP contribution in [0.2, 0.25) is 0 Å². The minimum Gasteiger partial charge on any atom is -0.468 e. The van der Waals surface area contributed by atoms with E-state index < -0.39 is 28.2 Å². The molecule has 0 spiro atoms. The Morgan fingerprint density at radius 2 is 1.60 bits per heavy atom. The number of rotatable bonds is 5. The third kappa shape index (κ3) is 3.24. The maximum Gasteiger partial charge on any atom is 0.323 e. The Labute approximate surface area is 144 Å². The highest BCUT2D eigenvalue weighted by molar-refractivity contribution is 6.04. The zero-order valence-corrected chi connectivity index (χ0v) is 14.2. The molecular formula is C17H19NO7. The predicted octanol–water partition coefficient (Wildman–Crippen LogP) is 2.16. The molecule has 0 N–H and O–H groups in total. The fraction of sp³-hybridized carbons (Fsp3) is 0.471. The number of ketones is 1. The van der Waals surface area contributed by atoms with Crippen LogP contribution in [0.1, 0.15) is 30.1 Å². The number of ether oxygens (including phenoxy) is 2. The highest BCUT2D eigenvalue weighted by atomic mass is 16.6. The Balaban J connectivity index is 2.30. The summed E-state index contributed by atoms with van der Waals surface area (Å²) in [5, 5.41) is 10.7. The zero-order chi connectivity index (χ0) is 18.8. The molecule has 0 aliphatic heterocycles. The van der Waals surface area contributed by atoms with Crippen LogP contribution in [0, 0.1) is 27.4 Å². The Kier molecular flexibility index (Phi) is 5.20. The molecule has 1 fully saturated rings. The van der Waals surface area contributed by atoms with Crippen LogP contribution in [0.3, 0.4) is 0 Å². The van der Waals surface area contributed by atoms with Gasteiger partial charge in [0, 0.05) is 23.6 Å². The third-order valence-electron chi connectivity index (χ3n) is 4.78. The fourth-order valence-electron chi connectivity index (χ4n) is 3.47. The Hall–Kier alpha value is -2.77. The fourth-order valence-corrected chi connectivity index (χ4v) is 3.47. The average molecular weight is 349 g/mol. The van der Waals surface area contributed by atoms with Crippen LogP contribution < -0.4 is 0 Å². The van der Waals surface area contributed by atoms with Crippen molar-refractivity contribution in [1.29, 1.82) is 0 Å². The summed E-state index contributed by atoms with van der Waals surface area (Å²) in [6.07, 6.45) is 0.138. The first kappa shape index (κ1) is 18.6. The van der Waals surface area contributed by atoms with Crippen molar-refractivity contribution in [2.75, 3.05) is 14.2 Å². The van der Waals surface area contributed by atoms with Crippen LogP contribution in [0.4, 0.5) is 5.69 Å². The molecule has 8 heteroatoms. The van der Waals surface area contributed by atoms with E-state index in [4.69, 9.17) is 9.47 Å². The van der Waals surface area contributed by atoms with E-state index in [2.05, 4.69) is 0 Å². The summed E-state index contributed by atoms with van der Waals surface area (Å²) in [6.45, 7) is 1.78. The van der Waals surface area contributed by atoms with Gasteiger partial charge in [-0.3, -0.25) is 24.5 Å². The number of non-ortho nitro benzene ring substituents is 1. The molecule has 134 valence electrons. The van der Waals surface area contributed by atoms with Crippen LogP contribution in [-0.4, -0.2) is 36.9 Å². The van der Waals surface area contributed by atoms with E-state index in [0.717, 1.165) is 0 Å². The van der Waals surface area contributed by atoms with Gasteiger partial charge in [0.25, 0.3) is 5.69 Å².